The third-order valence-corrected chi connectivity index (χ3v) is 7.87. The summed E-state index contributed by atoms with van der Waals surface area (Å²) >= 11 is 0. The number of amides is 2. The first kappa shape index (κ1) is 31.8. The van der Waals surface area contributed by atoms with Crippen molar-refractivity contribution in [3.8, 4) is 40.3 Å². The van der Waals surface area contributed by atoms with Gasteiger partial charge in [0, 0.05) is 29.4 Å². The molecule has 0 atom stereocenters. The van der Waals surface area contributed by atoms with Crippen LogP contribution in [0.2, 0.25) is 0 Å². The Kier molecular flexibility index (Phi) is 9.67. The molecule has 0 unspecified atom stereocenters. The zero-order valence-electron chi connectivity index (χ0n) is 26.7. The molecule has 0 spiro atoms. The Labute approximate surface area is 268 Å². The molecule has 0 bridgehead atoms. The molecule has 5 rings (SSSR count). The van der Waals surface area contributed by atoms with Crippen molar-refractivity contribution in [3.05, 3.63) is 106 Å². The Morgan fingerprint density at radius 2 is 1.65 bits per heavy atom. The first-order valence-corrected chi connectivity index (χ1v) is 15.1. The summed E-state index contributed by atoms with van der Waals surface area (Å²) in [7, 11) is 3.11. The van der Waals surface area contributed by atoms with E-state index in [0.717, 1.165) is 39.4 Å². The summed E-state index contributed by atoms with van der Waals surface area (Å²) in [5.41, 5.74) is 5.34. The first-order valence-electron chi connectivity index (χ1n) is 15.1. The standard InChI is InChI=1S/C37H36N4O5/c1-6-18-46-32-15-13-27(19-24(32)2)35-28(23-41(39-35)29-10-8-7-9-11-29)21-30-25(3)31(22-38)37(43)40(36(30)42)17-16-26-12-14-33(44-4)34(20-26)45-5/h7-15,19-21,23H,6,16-18H2,1-5H3/b30-21+. The highest BCUT2D eigenvalue weighted by Gasteiger charge is 2.35. The van der Waals surface area contributed by atoms with E-state index in [2.05, 4.69) is 6.92 Å². The average Bonchev–Trinajstić information content (AvgIpc) is 3.50. The van der Waals surface area contributed by atoms with Crippen LogP contribution >= 0.6 is 0 Å². The number of nitrogens with zero attached hydrogens (tertiary/aromatic N) is 4. The molecular weight excluding hydrogens is 580 g/mol. The maximum Gasteiger partial charge on any atom is 0.271 e. The van der Waals surface area contributed by atoms with Gasteiger partial charge in [-0.1, -0.05) is 31.2 Å². The molecule has 0 saturated carbocycles. The van der Waals surface area contributed by atoms with E-state index in [4.69, 9.17) is 19.3 Å². The minimum absolute atomic E-state index is 0.0663. The number of methoxy groups -OCH3 is 2. The van der Waals surface area contributed by atoms with E-state index < -0.39 is 11.8 Å². The van der Waals surface area contributed by atoms with Gasteiger partial charge in [0.1, 0.15) is 17.4 Å². The van der Waals surface area contributed by atoms with Gasteiger partial charge < -0.3 is 14.2 Å². The van der Waals surface area contributed by atoms with E-state index in [0.29, 0.717) is 41.4 Å². The van der Waals surface area contributed by atoms with Gasteiger partial charge in [0.15, 0.2) is 11.5 Å². The smallest absolute Gasteiger partial charge is 0.271 e. The van der Waals surface area contributed by atoms with Crippen LogP contribution in [0.1, 0.15) is 37.0 Å². The number of imide groups is 1. The van der Waals surface area contributed by atoms with Crippen LogP contribution in [-0.2, 0) is 16.0 Å². The van der Waals surface area contributed by atoms with Gasteiger partial charge in [-0.15, -0.1) is 0 Å². The van der Waals surface area contributed by atoms with E-state index >= 15 is 0 Å². The SMILES string of the molecule is CCCOc1ccc(-c2nn(-c3ccccc3)cc2/C=C2/C(=O)N(CCc3ccc(OC)c(OC)c3)C(=O)C(C#N)=C2C)cc1C. The Bertz CT molecular complexity index is 1880. The summed E-state index contributed by atoms with van der Waals surface area (Å²) in [6.45, 7) is 6.38. The molecule has 3 aromatic carbocycles. The summed E-state index contributed by atoms with van der Waals surface area (Å²) in [4.78, 5) is 28.5. The molecule has 0 radical (unpaired) electrons. The summed E-state index contributed by atoms with van der Waals surface area (Å²) in [5, 5.41) is 14.9. The van der Waals surface area contributed by atoms with Crippen LogP contribution < -0.4 is 14.2 Å². The Balaban J connectivity index is 1.56. The second kappa shape index (κ2) is 14.0. The fraction of sp³-hybridized carbons (Fsp3) is 0.243. The molecule has 0 fully saturated rings. The van der Waals surface area contributed by atoms with Gasteiger partial charge in [-0.25, -0.2) is 4.68 Å². The summed E-state index contributed by atoms with van der Waals surface area (Å²) < 4.78 is 18.4. The molecule has 0 aliphatic carbocycles. The van der Waals surface area contributed by atoms with E-state index in [1.807, 2.05) is 79.9 Å². The van der Waals surface area contributed by atoms with Gasteiger partial charge in [-0.3, -0.25) is 14.5 Å². The Hall–Kier alpha value is -5.62. The number of hydrogen-bond donors (Lipinski definition) is 0. The topological polar surface area (TPSA) is 107 Å². The largest absolute Gasteiger partial charge is 0.493 e. The van der Waals surface area contributed by atoms with E-state index in [1.54, 1.807) is 38.0 Å². The van der Waals surface area contributed by atoms with Gasteiger partial charge in [-0.05, 0) is 91.9 Å². The quantitative estimate of drug-likeness (QED) is 0.140. The third-order valence-electron chi connectivity index (χ3n) is 7.87. The number of rotatable bonds is 11. The zero-order valence-corrected chi connectivity index (χ0v) is 26.7. The maximum absolute atomic E-state index is 14.0. The van der Waals surface area contributed by atoms with Crippen molar-refractivity contribution in [2.45, 2.75) is 33.6 Å². The van der Waals surface area contributed by atoms with Crippen molar-refractivity contribution >= 4 is 17.9 Å². The minimum Gasteiger partial charge on any atom is -0.493 e. The first-order chi connectivity index (χ1) is 22.3. The molecule has 2 amide bonds. The molecular formula is C37H36N4O5. The molecule has 234 valence electrons. The summed E-state index contributed by atoms with van der Waals surface area (Å²) in [6, 6.07) is 23.0. The van der Waals surface area contributed by atoms with Crippen molar-refractivity contribution in [2.75, 3.05) is 27.4 Å². The number of carbonyl (C=O) groups is 2. The fourth-order valence-electron chi connectivity index (χ4n) is 5.37. The number of nitriles is 1. The second-order valence-corrected chi connectivity index (χ2v) is 10.9. The molecule has 0 N–H and O–H groups in total. The maximum atomic E-state index is 14.0. The molecule has 1 aliphatic rings. The van der Waals surface area contributed by atoms with E-state index in [9.17, 15) is 14.9 Å². The highest BCUT2D eigenvalue weighted by Crippen LogP contribution is 2.33. The van der Waals surface area contributed by atoms with Crippen LogP contribution in [0.25, 0.3) is 23.0 Å². The molecule has 0 saturated heterocycles. The van der Waals surface area contributed by atoms with Gasteiger partial charge in [-0.2, -0.15) is 10.4 Å². The van der Waals surface area contributed by atoms with Crippen LogP contribution in [0.5, 0.6) is 17.2 Å². The van der Waals surface area contributed by atoms with Crippen molar-refractivity contribution in [2.24, 2.45) is 0 Å². The number of para-hydroxylation sites is 1. The van der Waals surface area contributed by atoms with Crippen LogP contribution in [0.3, 0.4) is 0 Å². The van der Waals surface area contributed by atoms with Crippen molar-refractivity contribution in [1.82, 2.24) is 14.7 Å². The molecule has 1 aliphatic heterocycles. The van der Waals surface area contributed by atoms with Crippen LogP contribution in [0, 0.1) is 18.3 Å². The lowest BCUT2D eigenvalue weighted by molar-refractivity contribution is -0.140. The zero-order chi connectivity index (χ0) is 32.8. The minimum atomic E-state index is -0.610. The number of aromatic nitrogens is 2. The highest BCUT2D eigenvalue weighted by atomic mass is 16.5. The Morgan fingerprint density at radius 1 is 0.913 bits per heavy atom. The molecule has 1 aromatic heterocycles. The van der Waals surface area contributed by atoms with Gasteiger partial charge in [0.25, 0.3) is 11.8 Å². The van der Waals surface area contributed by atoms with Gasteiger partial charge in [0.2, 0.25) is 0 Å². The molecule has 9 heteroatoms. The van der Waals surface area contributed by atoms with Crippen LogP contribution in [0.15, 0.2) is 89.6 Å². The average molecular weight is 617 g/mol. The summed E-state index contributed by atoms with van der Waals surface area (Å²) in [6.07, 6.45) is 4.85. The van der Waals surface area contributed by atoms with E-state index in [-0.39, 0.29) is 17.7 Å². The second-order valence-electron chi connectivity index (χ2n) is 10.9. The Morgan fingerprint density at radius 3 is 2.33 bits per heavy atom. The predicted octanol–water partition coefficient (Wildman–Crippen LogP) is 6.49. The van der Waals surface area contributed by atoms with Crippen molar-refractivity contribution < 1.29 is 23.8 Å². The predicted molar refractivity (Wildman–Crippen MR) is 176 cm³/mol. The molecule has 9 nitrogen and oxygen atoms in total. The van der Waals surface area contributed by atoms with Crippen LogP contribution in [-0.4, -0.2) is 53.9 Å². The molecule has 4 aromatic rings. The van der Waals surface area contributed by atoms with E-state index in [1.165, 1.54) is 0 Å². The number of benzene rings is 3. The third kappa shape index (κ3) is 6.42. The number of ether oxygens (including phenoxy) is 3. The lowest BCUT2D eigenvalue weighted by Crippen LogP contribution is -2.43. The highest BCUT2D eigenvalue weighted by molar-refractivity contribution is 6.19. The normalized spacial score (nSPS) is 14.1. The van der Waals surface area contributed by atoms with Crippen LogP contribution in [0.4, 0.5) is 0 Å². The van der Waals surface area contributed by atoms with Crippen molar-refractivity contribution in [1.29, 1.82) is 5.26 Å². The number of aryl methyl sites for hydroxylation is 1. The number of hydrogen-bond acceptors (Lipinski definition) is 7. The summed E-state index contributed by atoms with van der Waals surface area (Å²) in [5.74, 6) is 0.850. The lowest BCUT2D eigenvalue weighted by Gasteiger charge is -2.27. The molecule has 46 heavy (non-hydrogen) atoms. The number of carbonyl (C=O) groups excluding carboxylic acids is 2. The molecule has 2 heterocycles. The monoisotopic (exact) mass is 616 g/mol. The van der Waals surface area contributed by atoms with Crippen molar-refractivity contribution in [3.63, 3.8) is 0 Å². The fourth-order valence-corrected chi connectivity index (χ4v) is 5.37. The van der Waals surface area contributed by atoms with Gasteiger partial charge >= 0.3 is 0 Å². The van der Waals surface area contributed by atoms with Gasteiger partial charge in [0.05, 0.1) is 32.2 Å². The lowest BCUT2D eigenvalue weighted by atomic mass is 9.93.